The molecule has 5 heteroatoms. The molecule has 4 nitrogen and oxygen atoms in total. The van der Waals surface area contributed by atoms with Crippen molar-refractivity contribution in [2.75, 3.05) is 4.90 Å². The third kappa shape index (κ3) is 3.10. The summed E-state index contributed by atoms with van der Waals surface area (Å²) in [5.41, 5.74) is 3.40. The fraction of sp³-hybridized carbons (Fsp3) is 0.304. The van der Waals surface area contributed by atoms with Crippen molar-refractivity contribution in [3.05, 3.63) is 84.4 Å². The van der Waals surface area contributed by atoms with Crippen molar-refractivity contribution in [1.29, 1.82) is 0 Å². The first kappa shape index (κ1) is 17.4. The number of hydrogen-bond donors (Lipinski definition) is 1. The molecule has 3 aromatic rings. The molecule has 0 radical (unpaired) electrons. The highest BCUT2D eigenvalue weighted by atomic mass is 32.1. The molecule has 1 N–H and O–H groups in total. The summed E-state index contributed by atoms with van der Waals surface area (Å²) >= 11 is 5.77. The van der Waals surface area contributed by atoms with Gasteiger partial charge in [-0.1, -0.05) is 37.1 Å². The average Bonchev–Trinajstić information content (AvgIpc) is 3.48. The number of benzene rings is 1. The molecular weight excluding hydrogens is 364 g/mol. The summed E-state index contributed by atoms with van der Waals surface area (Å²) in [7, 11) is 0. The van der Waals surface area contributed by atoms with E-state index in [1.54, 1.807) is 0 Å². The molecule has 2 aliphatic rings. The van der Waals surface area contributed by atoms with Gasteiger partial charge in [-0.15, -0.1) is 0 Å². The SMILES string of the molecule is S=C1NC(c2ccccn2)C(c2ccn(C3CCCC3)c2)N1c1ccccc1. The minimum absolute atomic E-state index is 0.0216. The van der Waals surface area contributed by atoms with E-state index >= 15 is 0 Å². The van der Waals surface area contributed by atoms with Crippen molar-refractivity contribution < 1.29 is 0 Å². The Bertz CT molecular complexity index is 947. The summed E-state index contributed by atoms with van der Waals surface area (Å²) < 4.78 is 2.41. The molecule has 2 atom stereocenters. The first-order valence-electron chi connectivity index (χ1n) is 10.0. The molecule has 1 saturated heterocycles. The van der Waals surface area contributed by atoms with E-state index < -0.39 is 0 Å². The first-order valence-corrected chi connectivity index (χ1v) is 10.5. The van der Waals surface area contributed by atoms with E-state index in [0.29, 0.717) is 6.04 Å². The number of nitrogens with one attached hydrogen (secondary N) is 1. The van der Waals surface area contributed by atoms with Gasteiger partial charge in [0.15, 0.2) is 5.11 Å². The van der Waals surface area contributed by atoms with Gasteiger partial charge in [0, 0.05) is 30.3 Å². The number of rotatable bonds is 4. The lowest BCUT2D eigenvalue weighted by Gasteiger charge is -2.27. The van der Waals surface area contributed by atoms with Crippen LogP contribution in [0.3, 0.4) is 0 Å². The van der Waals surface area contributed by atoms with Crippen LogP contribution < -0.4 is 10.2 Å². The van der Waals surface area contributed by atoms with Crippen molar-refractivity contribution in [2.24, 2.45) is 0 Å². The van der Waals surface area contributed by atoms with Crippen LogP contribution in [0.25, 0.3) is 0 Å². The van der Waals surface area contributed by atoms with Crippen LogP contribution in [0.4, 0.5) is 5.69 Å². The van der Waals surface area contributed by atoms with Crippen molar-refractivity contribution in [3.8, 4) is 0 Å². The van der Waals surface area contributed by atoms with Gasteiger partial charge >= 0.3 is 0 Å². The third-order valence-corrected chi connectivity index (χ3v) is 6.27. The van der Waals surface area contributed by atoms with Crippen LogP contribution in [-0.4, -0.2) is 14.7 Å². The number of aromatic nitrogens is 2. The standard InChI is InChI=1S/C23H24N4S/c28-23-25-21(20-12-6-7-14-24-20)22(27(23)19-10-2-1-3-11-19)17-13-15-26(16-17)18-8-4-5-9-18/h1-3,6-7,10-16,18,21-22H,4-5,8-9H2,(H,25,28). The van der Waals surface area contributed by atoms with Gasteiger partial charge in [-0.3, -0.25) is 4.98 Å². The van der Waals surface area contributed by atoms with Gasteiger partial charge in [-0.2, -0.15) is 0 Å². The summed E-state index contributed by atoms with van der Waals surface area (Å²) in [6, 6.07) is 19.5. The molecule has 3 heterocycles. The molecule has 142 valence electrons. The molecular formula is C23H24N4S. The van der Waals surface area contributed by atoms with Crippen LogP contribution >= 0.6 is 12.2 Å². The Kier molecular flexibility index (Phi) is 4.61. The summed E-state index contributed by atoms with van der Waals surface area (Å²) in [5.74, 6) is 0. The second kappa shape index (κ2) is 7.40. The van der Waals surface area contributed by atoms with Crippen molar-refractivity contribution in [3.63, 3.8) is 0 Å². The predicted molar refractivity (Wildman–Crippen MR) is 116 cm³/mol. The van der Waals surface area contributed by atoms with Gasteiger partial charge in [0.2, 0.25) is 0 Å². The highest BCUT2D eigenvalue weighted by molar-refractivity contribution is 7.80. The summed E-state index contributed by atoms with van der Waals surface area (Å²) in [6.07, 6.45) is 11.6. The molecule has 2 aromatic heterocycles. The summed E-state index contributed by atoms with van der Waals surface area (Å²) in [5, 5.41) is 4.28. The predicted octanol–water partition coefficient (Wildman–Crippen LogP) is 5.18. The topological polar surface area (TPSA) is 33.1 Å². The number of para-hydroxylation sites is 1. The quantitative estimate of drug-likeness (QED) is 0.625. The second-order valence-corrected chi connectivity index (χ2v) is 8.05. The number of hydrogen-bond acceptors (Lipinski definition) is 2. The zero-order valence-corrected chi connectivity index (χ0v) is 16.6. The van der Waals surface area contributed by atoms with Crippen molar-refractivity contribution in [1.82, 2.24) is 14.9 Å². The monoisotopic (exact) mass is 388 g/mol. The van der Waals surface area contributed by atoms with Crippen LogP contribution in [0.5, 0.6) is 0 Å². The largest absolute Gasteiger partial charge is 0.351 e. The molecule has 0 spiro atoms. The third-order valence-electron chi connectivity index (χ3n) is 5.96. The Morgan fingerprint density at radius 2 is 1.75 bits per heavy atom. The minimum atomic E-state index is 0.0216. The lowest BCUT2D eigenvalue weighted by atomic mass is 9.98. The molecule has 1 aliphatic carbocycles. The van der Waals surface area contributed by atoms with E-state index in [9.17, 15) is 0 Å². The van der Waals surface area contributed by atoms with Gasteiger partial charge in [0.25, 0.3) is 0 Å². The van der Waals surface area contributed by atoms with E-state index in [0.717, 1.165) is 16.5 Å². The normalized spacial score (nSPS) is 22.6. The van der Waals surface area contributed by atoms with Gasteiger partial charge in [0.05, 0.1) is 17.8 Å². The maximum absolute atomic E-state index is 5.77. The molecule has 0 bridgehead atoms. The van der Waals surface area contributed by atoms with E-state index in [-0.39, 0.29) is 12.1 Å². The van der Waals surface area contributed by atoms with Gasteiger partial charge in [-0.25, -0.2) is 0 Å². The Labute approximate surface area is 171 Å². The molecule has 2 fully saturated rings. The maximum Gasteiger partial charge on any atom is 0.174 e. The maximum atomic E-state index is 5.77. The fourth-order valence-electron chi connectivity index (χ4n) is 4.60. The van der Waals surface area contributed by atoms with Crippen LogP contribution in [-0.2, 0) is 0 Å². The lowest BCUT2D eigenvalue weighted by molar-refractivity contribution is 0.515. The second-order valence-electron chi connectivity index (χ2n) is 7.66. The minimum Gasteiger partial charge on any atom is -0.351 e. The van der Waals surface area contributed by atoms with E-state index in [1.807, 2.05) is 24.4 Å². The van der Waals surface area contributed by atoms with Gasteiger partial charge < -0.3 is 14.8 Å². The number of nitrogens with zero attached hydrogens (tertiary/aromatic N) is 3. The van der Waals surface area contributed by atoms with E-state index in [1.165, 1.54) is 31.2 Å². The Balaban J connectivity index is 1.57. The Hall–Kier alpha value is -2.66. The fourth-order valence-corrected chi connectivity index (χ4v) is 4.94. The van der Waals surface area contributed by atoms with Gasteiger partial charge in [-0.05, 0) is 61.0 Å². The number of thiocarbonyl (C=S) groups is 1. The van der Waals surface area contributed by atoms with E-state index in [2.05, 4.69) is 68.6 Å². The highest BCUT2D eigenvalue weighted by Gasteiger charge is 2.41. The molecule has 2 unspecified atom stereocenters. The molecule has 1 aliphatic heterocycles. The number of anilines is 1. The van der Waals surface area contributed by atoms with Crippen molar-refractivity contribution in [2.45, 2.75) is 43.8 Å². The van der Waals surface area contributed by atoms with Crippen LogP contribution in [0.1, 0.15) is 55.1 Å². The molecule has 1 saturated carbocycles. The Morgan fingerprint density at radius 3 is 2.50 bits per heavy atom. The smallest absolute Gasteiger partial charge is 0.174 e. The molecule has 5 rings (SSSR count). The Morgan fingerprint density at radius 1 is 0.964 bits per heavy atom. The molecule has 28 heavy (non-hydrogen) atoms. The summed E-state index contributed by atoms with van der Waals surface area (Å²) in [4.78, 5) is 6.87. The highest BCUT2D eigenvalue weighted by Crippen LogP contribution is 2.42. The van der Waals surface area contributed by atoms with E-state index in [4.69, 9.17) is 12.2 Å². The molecule has 0 amide bonds. The van der Waals surface area contributed by atoms with Crippen molar-refractivity contribution >= 4 is 23.0 Å². The van der Waals surface area contributed by atoms with Crippen LogP contribution in [0, 0.1) is 0 Å². The summed E-state index contributed by atoms with van der Waals surface area (Å²) in [6.45, 7) is 0. The zero-order chi connectivity index (χ0) is 18.9. The van der Waals surface area contributed by atoms with Crippen LogP contribution in [0.2, 0.25) is 0 Å². The average molecular weight is 389 g/mol. The van der Waals surface area contributed by atoms with Gasteiger partial charge in [0.1, 0.15) is 0 Å². The number of pyridine rings is 1. The lowest BCUT2D eigenvalue weighted by Crippen LogP contribution is -2.29. The molecule has 1 aromatic carbocycles. The zero-order valence-electron chi connectivity index (χ0n) is 15.7. The van der Waals surface area contributed by atoms with Crippen LogP contribution in [0.15, 0.2) is 73.2 Å². The first-order chi connectivity index (χ1) is 13.8.